The fourth-order valence-corrected chi connectivity index (χ4v) is 3.12. The minimum Gasteiger partial charge on any atom is -0.364 e. The first-order valence-electron chi connectivity index (χ1n) is 7.27. The lowest BCUT2D eigenvalue weighted by Gasteiger charge is -2.06. The van der Waals surface area contributed by atoms with Crippen LogP contribution in [-0.2, 0) is 4.79 Å². The number of carbonyl (C=O) groups excluding carboxylic acids is 2. The molecule has 0 aliphatic carbocycles. The highest BCUT2D eigenvalue weighted by Gasteiger charge is 2.09. The van der Waals surface area contributed by atoms with E-state index in [1.165, 1.54) is 18.3 Å². The molecule has 6 heteroatoms. The summed E-state index contributed by atoms with van der Waals surface area (Å²) in [5.74, 6) is -0.625. The summed E-state index contributed by atoms with van der Waals surface area (Å²) in [4.78, 5) is 26.5. The smallest absolute Gasteiger partial charge is 0.268 e. The van der Waals surface area contributed by atoms with Crippen molar-refractivity contribution >= 4 is 28.8 Å². The molecule has 3 aromatic rings. The highest BCUT2D eigenvalue weighted by atomic mass is 32.1. The van der Waals surface area contributed by atoms with Gasteiger partial charge >= 0.3 is 0 Å². The number of benzene rings is 2. The number of hydrogen-bond acceptors (Lipinski definition) is 4. The second-order valence-electron chi connectivity index (χ2n) is 5.24. The molecule has 0 radical (unpaired) electrons. The SMILES string of the molecule is CC(=O)Nc1cccc(-c2ccc(-c3nc(C(N)=O)cs3)cc2)c1. The van der Waals surface area contributed by atoms with Crippen molar-refractivity contribution in [3.63, 3.8) is 0 Å². The molecule has 0 fully saturated rings. The van der Waals surface area contributed by atoms with E-state index in [4.69, 9.17) is 5.73 Å². The van der Waals surface area contributed by atoms with E-state index < -0.39 is 5.91 Å². The summed E-state index contributed by atoms with van der Waals surface area (Å²) in [6, 6.07) is 15.5. The van der Waals surface area contributed by atoms with Crippen LogP contribution >= 0.6 is 11.3 Å². The summed E-state index contributed by atoms with van der Waals surface area (Å²) in [7, 11) is 0. The topological polar surface area (TPSA) is 85.1 Å². The summed E-state index contributed by atoms with van der Waals surface area (Å²) in [6.45, 7) is 1.48. The number of aromatic nitrogens is 1. The monoisotopic (exact) mass is 337 g/mol. The summed E-state index contributed by atoms with van der Waals surface area (Å²) in [5.41, 5.74) is 9.22. The van der Waals surface area contributed by atoms with Crippen LogP contribution in [0, 0.1) is 0 Å². The van der Waals surface area contributed by atoms with Gasteiger partial charge in [-0.15, -0.1) is 11.3 Å². The van der Waals surface area contributed by atoms with Gasteiger partial charge in [-0.05, 0) is 23.3 Å². The van der Waals surface area contributed by atoms with Gasteiger partial charge in [-0.2, -0.15) is 0 Å². The fraction of sp³-hybridized carbons (Fsp3) is 0.0556. The zero-order valence-electron chi connectivity index (χ0n) is 12.9. The van der Waals surface area contributed by atoms with Crippen molar-refractivity contribution in [1.29, 1.82) is 0 Å². The van der Waals surface area contributed by atoms with Gasteiger partial charge in [0.1, 0.15) is 10.7 Å². The Morgan fingerprint density at radius 2 is 1.75 bits per heavy atom. The van der Waals surface area contributed by atoms with E-state index in [1.807, 2.05) is 48.5 Å². The average molecular weight is 337 g/mol. The number of primary amides is 1. The molecule has 0 atom stereocenters. The van der Waals surface area contributed by atoms with Gasteiger partial charge in [0.2, 0.25) is 5.91 Å². The highest BCUT2D eigenvalue weighted by Crippen LogP contribution is 2.28. The van der Waals surface area contributed by atoms with Crippen LogP contribution in [0.25, 0.3) is 21.7 Å². The van der Waals surface area contributed by atoms with Gasteiger partial charge in [0.05, 0.1) is 0 Å². The van der Waals surface area contributed by atoms with Gasteiger partial charge in [0, 0.05) is 23.6 Å². The minimum atomic E-state index is -0.524. The Kier molecular flexibility index (Phi) is 4.39. The molecule has 0 aliphatic heterocycles. The molecule has 0 spiro atoms. The molecule has 0 bridgehead atoms. The van der Waals surface area contributed by atoms with E-state index in [0.717, 1.165) is 27.4 Å². The van der Waals surface area contributed by atoms with Gasteiger partial charge < -0.3 is 11.1 Å². The Bertz CT molecular complexity index is 901. The Morgan fingerprint density at radius 3 is 2.38 bits per heavy atom. The van der Waals surface area contributed by atoms with E-state index in [2.05, 4.69) is 10.3 Å². The van der Waals surface area contributed by atoms with Gasteiger partial charge in [0.25, 0.3) is 5.91 Å². The van der Waals surface area contributed by atoms with Crippen molar-refractivity contribution in [1.82, 2.24) is 4.98 Å². The van der Waals surface area contributed by atoms with E-state index in [-0.39, 0.29) is 11.6 Å². The van der Waals surface area contributed by atoms with Crippen LogP contribution in [-0.4, -0.2) is 16.8 Å². The van der Waals surface area contributed by atoms with Gasteiger partial charge in [0.15, 0.2) is 0 Å². The van der Waals surface area contributed by atoms with Crippen LogP contribution in [0.15, 0.2) is 53.9 Å². The number of anilines is 1. The second-order valence-corrected chi connectivity index (χ2v) is 6.10. The largest absolute Gasteiger partial charge is 0.364 e. The molecule has 3 N–H and O–H groups in total. The number of rotatable bonds is 4. The molecular weight excluding hydrogens is 322 g/mol. The average Bonchev–Trinajstić information content (AvgIpc) is 3.05. The standard InChI is InChI=1S/C18H15N3O2S/c1-11(22)20-15-4-2-3-14(9-15)12-5-7-13(8-6-12)18-21-16(10-24-18)17(19)23/h2-10H,1H3,(H2,19,23)(H,20,22). The maximum atomic E-state index is 11.2. The van der Waals surface area contributed by atoms with Crippen LogP contribution in [0.3, 0.4) is 0 Å². The molecule has 0 aliphatic rings. The fourth-order valence-electron chi connectivity index (χ4n) is 2.30. The summed E-state index contributed by atoms with van der Waals surface area (Å²) in [5, 5.41) is 5.18. The summed E-state index contributed by atoms with van der Waals surface area (Å²) >= 11 is 1.38. The predicted octanol–water partition coefficient (Wildman–Crippen LogP) is 3.53. The first-order valence-corrected chi connectivity index (χ1v) is 8.15. The number of hydrogen-bond donors (Lipinski definition) is 2. The molecule has 2 aromatic carbocycles. The molecule has 5 nitrogen and oxygen atoms in total. The summed E-state index contributed by atoms with van der Waals surface area (Å²) in [6.07, 6.45) is 0. The molecular formula is C18H15N3O2S. The number of nitrogens with two attached hydrogens (primary N) is 1. The molecule has 3 rings (SSSR count). The van der Waals surface area contributed by atoms with Gasteiger partial charge in [-0.1, -0.05) is 36.4 Å². The lowest BCUT2D eigenvalue weighted by molar-refractivity contribution is -0.114. The van der Waals surface area contributed by atoms with Crippen molar-refractivity contribution in [2.75, 3.05) is 5.32 Å². The molecule has 0 saturated heterocycles. The third-order valence-corrected chi connectivity index (χ3v) is 4.30. The Morgan fingerprint density at radius 1 is 1.04 bits per heavy atom. The van der Waals surface area contributed by atoms with E-state index in [1.54, 1.807) is 5.38 Å². The Hall–Kier alpha value is -2.99. The Labute approximate surface area is 143 Å². The maximum Gasteiger partial charge on any atom is 0.268 e. The lowest BCUT2D eigenvalue weighted by atomic mass is 10.0. The van der Waals surface area contributed by atoms with Crippen LogP contribution < -0.4 is 11.1 Å². The number of thiazole rings is 1. The molecule has 1 aromatic heterocycles. The Balaban J connectivity index is 1.86. The minimum absolute atomic E-state index is 0.100. The molecule has 0 saturated carbocycles. The predicted molar refractivity (Wildman–Crippen MR) is 95.8 cm³/mol. The summed E-state index contributed by atoms with van der Waals surface area (Å²) < 4.78 is 0. The molecule has 1 heterocycles. The number of nitrogens with one attached hydrogen (secondary N) is 1. The van der Waals surface area contributed by atoms with Gasteiger partial charge in [-0.3, -0.25) is 9.59 Å². The van der Waals surface area contributed by atoms with Crippen molar-refractivity contribution in [3.8, 4) is 21.7 Å². The first kappa shape index (κ1) is 15.9. The van der Waals surface area contributed by atoms with E-state index in [9.17, 15) is 9.59 Å². The normalized spacial score (nSPS) is 10.4. The first-order chi connectivity index (χ1) is 11.5. The van der Waals surface area contributed by atoms with Crippen molar-refractivity contribution in [2.45, 2.75) is 6.92 Å². The van der Waals surface area contributed by atoms with Crippen LogP contribution in [0.4, 0.5) is 5.69 Å². The zero-order chi connectivity index (χ0) is 17.1. The van der Waals surface area contributed by atoms with E-state index >= 15 is 0 Å². The molecule has 120 valence electrons. The van der Waals surface area contributed by atoms with Crippen LogP contribution in [0.1, 0.15) is 17.4 Å². The number of amides is 2. The zero-order valence-corrected chi connectivity index (χ0v) is 13.8. The third-order valence-electron chi connectivity index (χ3n) is 3.40. The quantitative estimate of drug-likeness (QED) is 0.763. The lowest BCUT2D eigenvalue weighted by Crippen LogP contribution is -2.10. The van der Waals surface area contributed by atoms with Crippen LogP contribution in [0.2, 0.25) is 0 Å². The van der Waals surface area contributed by atoms with E-state index in [0.29, 0.717) is 0 Å². The second kappa shape index (κ2) is 6.64. The van der Waals surface area contributed by atoms with Crippen molar-refractivity contribution < 1.29 is 9.59 Å². The molecule has 2 amide bonds. The highest BCUT2D eigenvalue weighted by molar-refractivity contribution is 7.13. The molecule has 24 heavy (non-hydrogen) atoms. The van der Waals surface area contributed by atoms with Crippen molar-refractivity contribution in [2.24, 2.45) is 5.73 Å². The van der Waals surface area contributed by atoms with Crippen molar-refractivity contribution in [3.05, 3.63) is 59.6 Å². The van der Waals surface area contributed by atoms with Crippen LogP contribution in [0.5, 0.6) is 0 Å². The number of nitrogens with zero attached hydrogens (tertiary/aromatic N) is 1. The van der Waals surface area contributed by atoms with Gasteiger partial charge in [-0.25, -0.2) is 4.98 Å². The maximum absolute atomic E-state index is 11.2. The molecule has 0 unspecified atom stereocenters. The number of carbonyl (C=O) groups is 2. The third kappa shape index (κ3) is 3.49.